The molecule has 0 bridgehead atoms. The lowest BCUT2D eigenvalue weighted by molar-refractivity contribution is 0.0486. The highest BCUT2D eigenvalue weighted by Crippen LogP contribution is 2.39. The van der Waals surface area contributed by atoms with Gasteiger partial charge in [-0.3, -0.25) is 9.59 Å². The summed E-state index contributed by atoms with van der Waals surface area (Å²) >= 11 is 6.25. The van der Waals surface area contributed by atoms with E-state index in [2.05, 4.69) is 0 Å². The van der Waals surface area contributed by atoms with Crippen molar-refractivity contribution >= 4 is 28.5 Å². The number of carbonyl (C=O) groups is 1. The normalized spacial score (nSPS) is 20.9. The van der Waals surface area contributed by atoms with Crippen molar-refractivity contribution in [3.63, 3.8) is 0 Å². The van der Waals surface area contributed by atoms with Gasteiger partial charge in [0, 0.05) is 18.2 Å². The van der Waals surface area contributed by atoms with Crippen LogP contribution in [0.1, 0.15) is 51.7 Å². The van der Waals surface area contributed by atoms with Gasteiger partial charge in [0.25, 0.3) is 5.91 Å². The first-order valence-electron chi connectivity index (χ1n) is 10.2. The summed E-state index contributed by atoms with van der Waals surface area (Å²) in [5.74, 6) is -0.149. The van der Waals surface area contributed by atoms with Crippen LogP contribution in [0.5, 0.6) is 0 Å². The van der Waals surface area contributed by atoms with Crippen LogP contribution in [-0.2, 0) is 4.74 Å². The molecule has 1 amide bonds. The van der Waals surface area contributed by atoms with Crippen LogP contribution in [0, 0.1) is 13.8 Å². The predicted octanol–water partition coefficient (Wildman–Crippen LogP) is 4.79. The van der Waals surface area contributed by atoms with Gasteiger partial charge in [-0.2, -0.15) is 0 Å². The average Bonchev–Trinajstić information content (AvgIpc) is 3.29. The Bertz CT molecular complexity index is 1230. The number of hydrogen-bond acceptors (Lipinski definition) is 4. The molecule has 5 nitrogen and oxygen atoms in total. The van der Waals surface area contributed by atoms with Crippen LogP contribution in [0.4, 0.5) is 0 Å². The minimum atomic E-state index is -0.545. The second-order valence-corrected chi connectivity index (χ2v) is 8.62. The molecular weight excluding hydrogens is 402 g/mol. The van der Waals surface area contributed by atoms with Crippen molar-refractivity contribution in [2.24, 2.45) is 0 Å². The number of nitrogens with zero attached hydrogens (tertiary/aromatic N) is 1. The Morgan fingerprint density at radius 3 is 2.73 bits per heavy atom. The van der Waals surface area contributed by atoms with E-state index in [-0.39, 0.29) is 23.2 Å². The number of amides is 1. The van der Waals surface area contributed by atoms with Gasteiger partial charge >= 0.3 is 0 Å². The summed E-state index contributed by atoms with van der Waals surface area (Å²) in [6, 6.07) is 10.5. The summed E-state index contributed by atoms with van der Waals surface area (Å²) in [4.78, 5) is 28.8. The second kappa shape index (κ2) is 7.25. The minimum absolute atomic E-state index is 0.0431. The quantitative estimate of drug-likeness (QED) is 0.607. The molecule has 30 heavy (non-hydrogen) atoms. The Morgan fingerprint density at radius 2 is 2.00 bits per heavy atom. The maximum atomic E-state index is 13.6. The van der Waals surface area contributed by atoms with Crippen molar-refractivity contribution in [1.82, 2.24) is 4.90 Å². The van der Waals surface area contributed by atoms with Crippen molar-refractivity contribution in [2.75, 3.05) is 13.2 Å². The van der Waals surface area contributed by atoms with Gasteiger partial charge in [-0.05, 0) is 61.6 Å². The largest absolute Gasteiger partial charge is 0.450 e. The van der Waals surface area contributed by atoms with E-state index in [0.29, 0.717) is 34.7 Å². The summed E-state index contributed by atoms with van der Waals surface area (Å²) in [6.07, 6.45) is 1.82. The topological polar surface area (TPSA) is 59.8 Å². The molecule has 0 radical (unpaired) electrons. The van der Waals surface area contributed by atoms with Gasteiger partial charge in [0.1, 0.15) is 5.58 Å². The zero-order valence-electron chi connectivity index (χ0n) is 16.9. The molecule has 2 atom stereocenters. The van der Waals surface area contributed by atoms with Gasteiger partial charge in [0.2, 0.25) is 5.76 Å². The Balaban J connectivity index is 1.74. The fourth-order valence-corrected chi connectivity index (χ4v) is 4.93. The summed E-state index contributed by atoms with van der Waals surface area (Å²) in [6.45, 7) is 4.95. The Hall–Kier alpha value is -2.63. The van der Waals surface area contributed by atoms with E-state index in [4.69, 9.17) is 20.8 Å². The van der Waals surface area contributed by atoms with Crippen LogP contribution in [0.15, 0.2) is 45.6 Å². The maximum Gasteiger partial charge on any atom is 0.291 e. The fraction of sp³-hybridized carbons (Fsp3) is 0.333. The zero-order valence-corrected chi connectivity index (χ0v) is 17.7. The van der Waals surface area contributed by atoms with Gasteiger partial charge < -0.3 is 14.1 Å². The van der Waals surface area contributed by atoms with Crippen LogP contribution < -0.4 is 5.43 Å². The lowest BCUT2D eigenvalue weighted by Crippen LogP contribution is -2.36. The summed E-state index contributed by atoms with van der Waals surface area (Å²) in [5, 5.41) is 1.08. The zero-order chi connectivity index (χ0) is 21.0. The molecular formula is C24H22ClNO4. The van der Waals surface area contributed by atoms with Gasteiger partial charge in [-0.1, -0.05) is 29.8 Å². The summed E-state index contributed by atoms with van der Waals surface area (Å²) in [5.41, 5.74) is 3.31. The molecule has 0 aliphatic carbocycles. The third-order valence-corrected chi connectivity index (χ3v) is 6.24. The van der Waals surface area contributed by atoms with Crippen LogP contribution >= 0.6 is 11.6 Å². The summed E-state index contributed by atoms with van der Waals surface area (Å²) < 4.78 is 11.9. The van der Waals surface area contributed by atoms with Gasteiger partial charge in [-0.15, -0.1) is 0 Å². The van der Waals surface area contributed by atoms with E-state index in [1.807, 2.05) is 44.2 Å². The van der Waals surface area contributed by atoms with E-state index >= 15 is 0 Å². The Kier molecular flexibility index (Phi) is 4.68. The van der Waals surface area contributed by atoms with E-state index in [1.54, 1.807) is 11.0 Å². The first kappa shape index (κ1) is 19.3. The molecule has 2 aliphatic heterocycles. The number of rotatable bonds is 3. The molecule has 2 unspecified atom stereocenters. The minimum Gasteiger partial charge on any atom is -0.450 e. The molecule has 154 valence electrons. The SMILES string of the molecule is Cc1cc(C)c2c(=O)c3c(oc2c1)C(=O)N(CC1CCCO1)C3c1cccc(Cl)c1. The molecule has 0 saturated carbocycles. The first-order chi connectivity index (χ1) is 14.4. The number of halogens is 1. The lowest BCUT2D eigenvalue weighted by atomic mass is 9.96. The van der Waals surface area contributed by atoms with Crippen molar-refractivity contribution in [3.8, 4) is 0 Å². The number of aryl methyl sites for hydroxylation is 2. The fourth-order valence-electron chi connectivity index (χ4n) is 4.73. The van der Waals surface area contributed by atoms with Gasteiger partial charge in [-0.25, -0.2) is 0 Å². The molecule has 1 saturated heterocycles. The number of carbonyl (C=O) groups excluding carboxylic acids is 1. The van der Waals surface area contributed by atoms with Crippen molar-refractivity contribution in [3.05, 3.63) is 79.7 Å². The molecule has 0 spiro atoms. The van der Waals surface area contributed by atoms with Crippen LogP contribution in [0.25, 0.3) is 11.0 Å². The van der Waals surface area contributed by atoms with Crippen LogP contribution in [0.2, 0.25) is 5.02 Å². The number of hydrogen-bond donors (Lipinski definition) is 0. The van der Waals surface area contributed by atoms with E-state index in [0.717, 1.165) is 29.5 Å². The van der Waals surface area contributed by atoms with E-state index < -0.39 is 6.04 Å². The number of ether oxygens (including phenoxy) is 1. The average molecular weight is 424 g/mol. The molecule has 0 N–H and O–H groups in total. The summed E-state index contributed by atoms with van der Waals surface area (Å²) in [7, 11) is 0. The van der Waals surface area contributed by atoms with E-state index in [9.17, 15) is 9.59 Å². The Morgan fingerprint density at radius 1 is 1.17 bits per heavy atom. The van der Waals surface area contributed by atoms with Crippen LogP contribution in [0.3, 0.4) is 0 Å². The Labute approximate surface area is 179 Å². The monoisotopic (exact) mass is 423 g/mol. The molecule has 2 aromatic carbocycles. The highest BCUT2D eigenvalue weighted by molar-refractivity contribution is 6.30. The first-order valence-corrected chi connectivity index (χ1v) is 10.6. The van der Waals surface area contributed by atoms with Crippen LogP contribution in [-0.4, -0.2) is 30.1 Å². The van der Waals surface area contributed by atoms with Gasteiger partial charge in [0.05, 0.1) is 23.1 Å². The molecule has 5 rings (SSSR count). The molecule has 1 fully saturated rings. The lowest BCUT2D eigenvalue weighted by Gasteiger charge is -2.27. The number of fused-ring (bicyclic) bond motifs is 2. The smallest absolute Gasteiger partial charge is 0.291 e. The van der Waals surface area contributed by atoms with E-state index in [1.165, 1.54) is 0 Å². The third kappa shape index (κ3) is 3.04. The molecule has 3 heterocycles. The number of benzene rings is 2. The van der Waals surface area contributed by atoms with Crippen molar-refractivity contribution in [2.45, 2.75) is 38.8 Å². The highest BCUT2D eigenvalue weighted by atomic mass is 35.5. The highest BCUT2D eigenvalue weighted by Gasteiger charge is 2.44. The third-order valence-electron chi connectivity index (χ3n) is 6.00. The van der Waals surface area contributed by atoms with Gasteiger partial charge in [0.15, 0.2) is 5.43 Å². The maximum absolute atomic E-state index is 13.6. The van der Waals surface area contributed by atoms with Crippen molar-refractivity contribution in [1.29, 1.82) is 0 Å². The molecule has 1 aromatic heterocycles. The van der Waals surface area contributed by atoms with Crippen molar-refractivity contribution < 1.29 is 13.9 Å². The second-order valence-electron chi connectivity index (χ2n) is 8.18. The standard InChI is InChI=1S/C24H22ClNO4/c1-13-9-14(2)19-18(10-13)30-23-20(22(19)27)21(15-5-3-6-16(25)11-15)26(24(23)28)12-17-7-4-8-29-17/h3,5-6,9-11,17,21H,4,7-8,12H2,1-2H3. The molecule has 3 aromatic rings. The molecule has 6 heteroatoms. The molecule has 2 aliphatic rings. The predicted molar refractivity (Wildman–Crippen MR) is 115 cm³/mol.